The molecular formula is C81H50N2S3. The third kappa shape index (κ3) is 5.80. The van der Waals surface area contributed by atoms with Gasteiger partial charge in [0.25, 0.3) is 0 Å². The third-order valence-corrected chi connectivity index (χ3v) is 24.1. The van der Waals surface area contributed by atoms with Crippen LogP contribution in [-0.2, 0) is 22.7 Å². The maximum atomic E-state index is 2.59. The second kappa shape index (κ2) is 17.1. The molecule has 0 saturated heterocycles. The van der Waals surface area contributed by atoms with Gasteiger partial charge in [-0.15, -0.1) is 22.7 Å². The minimum Gasteiger partial charge on any atom is -0.310 e. The topological polar surface area (TPSA) is 6.48 Å². The van der Waals surface area contributed by atoms with Crippen LogP contribution < -0.4 is 9.80 Å². The number of benzene rings is 12. The highest BCUT2D eigenvalue weighted by atomic mass is 32.2. The zero-order chi connectivity index (χ0) is 56.2. The molecule has 0 radical (unpaired) electrons. The molecule has 0 N–H and O–H groups in total. The summed E-state index contributed by atoms with van der Waals surface area (Å²) in [6, 6.07) is 104. The van der Waals surface area contributed by atoms with Crippen LogP contribution in [0, 0.1) is 0 Å². The van der Waals surface area contributed by atoms with E-state index >= 15 is 0 Å². The number of rotatable bonds is 4. The average molecular weight is 1150 g/mol. The lowest BCUT2D eigenvalue weighted by molar-refractivity contribution is 0.563. The van der Waals surface area contributed by atoms with E-state index < -0.39 is 10.8 Å². The molecule has 1 atom stereocenters. The minimum absolute atomic E-state index is 0.390. The largest absolute Gasteiger partial charge is 0.310 e. The van der Waals surface area contributed by atoms with Gasteiger partial charge in [0.05, 0.1) is 39.3 Å². The lowest BCUT2D eigenvalue weighted by atomic mass is 9.68. The number of anilines is 6. The van der Waals surface area contributed by atoms with Gasteiger partial charge < -0.3 is 9.80 Å². The zero-order valence-corrected chi connectivity index (χ0v) is 49.3. The second-order valence-electron chi connectivity index (χ2n) is 24.3. The minimum atomic E-state index is -0.562. The predicted octanol–water partition coefficient (Wildman–Crippen LogP) is 22.1. The van der Waals surface area contributed by atoms with Crippen LogP contribution in [0.5, 0.6) is 0 Å². The van der Waals surface area contributed by atoms with Gasteiger partial charge in [-0.05, 0) is 145 Å². The molecule has 6 aliphatic rings. The van der Waals surface area contributed by atoms with E-state index in [0.29, 0.717) is 0 Å². The van der Waals surface area contributed by atoms with Crippen molar-refractivity contribution < 1.29 is 0 Å². The number of hydrogen-bond acceptors (Lipinski definition) is 5. The summed E-state index contributed by atoms with van der Waals surface area (Å²) in [6.07, 6.45) is 0.825. The smallest absolute Gasteiger partial charge is 0.0839 e. The van der Waals surface area contributed by atoms with Crippen molar-refractivity contribution in [3.8, 4) is 44.5 Å². The fraction of sp³-hybridized carbons (Fsp3) is 0.0617. The van der Waals surface area contributed by atoms with Gasteiger partial charge in [0.15, 0.2) is 0 Å². The molecule has 2 nitrogen and oxygen atoms in total. The molecule has 0 saturated carbocycles. The van der Waals surface area contributed by atoms with E-state index in [9.17, 15) is 0 Å². The first-order chi connectivity index (χ1) is 42.5. The Morgan fingerprint density at radius 2 is 0.802 bits per heavy atom. The summed E-state index contributed by atoms with van der Waals surface area (Å²) in [5.74, 6) is 0. The molecule has 0 bridgehead atoms. The Kier molecular flexibility index (Phi) is 9.52. The van der Waals surface area contributed by atoms with Crippen molar-refractivity contribution >= 4 is 88.7 Å². The molecule has 2 spiro atoms. The molecule has 5 heteroatoms. The third-order valence-electron chi connectivity index (χ3n) is 20.3. The molecule has 0 fully saturated rings. The molecule has 2 aromatic heterocycles. The summed E-state index contributed by atoms with van der Waals surface area (Å²) in [6.45, 7) is 2.52. The van der Waals surface area contributed by atoms with Gasteiger partial charge in [0.1, 0.15) is 0 Å². The Bertz CT molecular complexity index is 5190. The summed E-state index contributed by atoms with van der Waals surface area (Å²) < 4.78 is 2.71. The van der Waals surface area contributed by atoms with Gasteiger partial charge in [0.2, 0.25) is 0 Å². The summed E-state index contributed by atoms with van der Waals surface area (Å²) >= 11 is 5.89. The fourth-order valence-corrected chi connectivity index (χ4v) is 21.1. The monoisotopic (exact) mass is 1150 g/mol. The molecule has 1 unspecified atom stereocenters. The Morgan fingerprint density at radius 1 is 0.337 bits per heavy atom. The lowest BCUT2D eigenvalue weighted by Crippen LogP contribution is -2.35. The van der Waals surface area contributed by atoms with Crippen molar-refractivity contribution in [2.75, 3.05) is 9.80 Å². The van der Waals surface area contributed by atoms with Crippen LogP contribution in [0.1, 0.15) is 66.7 Å². The van der Waals surface area contributed by atoms with Crippen LogP contribution in [0.3, 0.4) is 0 Å². The molecule has 2 aliphatic heterocycles. The maximum absolute atomic E-state index is 2.59. The quantitative estimate of drug-likeness (QED) is 0.173. The molecule has 402 valence electrons. The van der Waals surface area contributed by atoms with Crippen molar-refractivity contribution in [1.82, 2.24) is 0 Å². The highest BCUT2D eigenvalue weighted by Gasteiger charge is 2.57. The number of fused-ring (bicyclic) bond motifs is 28. The Hall–Kier alpha value is -9.49. The van der Waals surface area contributed by atoms with Gasteiger partial charge in [-0.2, -0.15) is 0 Å². The van der Waals surface area contributed by atoms with E-state index in [1.165, 1.54) is 168 Å². The van der Waals surface area contributed by atoms with Gasteiger partial charge in [-0.25, -0.2) is 0 Å². The predicted molar refractivity (Wildman–Crippen MR) is 360 cm³/mol. The zero-order valence-electron chi connectivity index (χ0n) is 46.8. The first-order valence-electron chi connectivity index (χ1n) is 29.9. The van der Waals surface area contributed by atoms with Crippen molar-refractivity contribution in [2.45, 2.75) is 39.4 Å². The van der Waals surface area contributed by atoms with E-state index in [2.05, 4.69) is 290 Å². The van der Waals surface area contributed by atoms with E-state index in [1.54, 1.807) is 0 Å². The molecule has 4 aliphatic carbocycles. The number of nitrogens with zero attached hydrogens (tertiary/aromatic N) is 2. The maximum Gasteiger partial charge on any atom is 0.0839 e. The van der Waals surface area contributed by atoms with E-state index in [-0.39, 0.29) is 5.41 Å². The highest BCUT2D eigenvalue weighted by Crippen LogP contribution is 2.71. The van der Waals surface area contributed by atoms with Crippen molar-refractivity contribution in [1.29, 1.82) is 0 Å². The van der Waals surface area contributed by atoms with Gasteiger partial charge in [0, 0.05) is 67.5 Å². The molecule has 20 rings (SSSR count). The summed E-state index contributed by atoms with van der Waals surface area (Å²) in [5, 5.41) is 2.68. The summed E-state index contributed by atoms with van der Waals surface area (Å²) in [4.78, 5) is 10.5. The van der Waals surface area contributed by atoms with Crippen LogP contribution in [-0.4, -0.2) is 0 Å². The first-order valence-corrected chi connectivity index (χ1v) is 32.4. The first kappa shape index (κ1) is 47.8. The normalized spacial score (nSPS) is 16.6. The average Bonchev–Trinajstić information content (AvgIpc) is 1.54. The van der Waals surface area contributed by atoms with Crippen molar-refractivity contribution in [2.24, 2.45) is 0 Å². The van der Waals surface area contributed by atoms with Crippen LogP contribution in [0.15, 0.2) is 283 Å². The molecule has 86 heavy (non-hydrogen) atoms. The summed E-state index contributed by atoms with van der Waals surface area (Å²) in [5.41, 5.74) is 28.9. The molecule has 14 aromatic rings. The van der Waals surface area contributed by atoms with Crippen molar-refractivity contribution in [3.05, 3.63) is 333 Å². The molecule has 0 amide bonds. The van der Waals surface area contributed by atoms with Gasteiger partial charge in [-0.3, -0.25) is 0 Å². The molecule has 12 aromatic carbocycles. The number of thiophene rings is 2. The van der Waals surface area contributed by atoms with Crippen LogP contribution in [0.4, 0.5) is 34.1 Å². The Labute approximate surface area is 511 Å². The van der Waals surface area contributed by atoms with E-state index in [1.807, 2.05) is 34.4 Å². The molecular weight excluding hydrogens is 1100 g/mol. The Balaban J connectivity index is 0.772. The molecule has 4 heterocycles. The number of para-hydroxylation sites is 4. The van der Waals surface area contributed by atoms with Crippen LogP contribution >= 0.6 is 34.4 Å². The van der Waals surface area contributed by atoms with Crippen molar-refractivity contribution in [3.63, 3.8) is 0 Å². The highest BCUT2D eigenvalue weighted by molar-refractivity contribution is 7.99. The Morgan fingerprint density at radius 3 is 1.48 bits per heavy atom. The lowest BCUT2D eigenvalue weighted by Gasteiger charge is -2.44. The SMILES string of the molecule is CC1(Cc2cccc3c4c(sc23)C2(c3ccccc3-c3cccc(N5c6ccccc6Sc6ccccc65)c32)c2ccccc2-4)c2ccccc2N(c2ccc3c(c2)C2(c4ccccc4-c4ccccc42)c2sc4ccccc4c2-3)c2ccccc21. The fourth-order valence-electron chi connectivity index (χ4n) is 17.1. The standard InChI is InChI=1S/C81H50N2S3/c1-79(62-34-11-13-36-65(62)82(66-37-14-12-35-63(66)79)49-44-45-55-64(46-49)80(77-73(55)56-27-6-17-41-70(56)85-77)58-30-7-2-23-50(58)51-24-3-8-31-59(51)80)47-48-22-20-29-57-74-54-26-5-10-33-61(54)81(78(74)86-76(48)57)60-32-9-4-25-52(60)53-28-21-40-69(75(53)81)83-67-38-15-18-42-71(67)84-72-43-19-16-39-68(72)83/h2-46H,47H2,1H3. The van der Waals surface area contributed by atoms with Gasteiger partial charge in [-0.1, -0.05) is 231 Å². The number of hydrogen-bond donors (Lipinski definition) is 0. The van der Waals surface area contributed by atoms with Gasteiger partial charge >= 0.3 is 0 Å². The van der Waals surface area contributed by atoms with E-state index in [4.69, 9.17) is 0 Å². The van der Waals surface area contributed by atoms with Crippen LogP contribution in [0.25, 0.3) is 64.7 Å². The second-order valence-corrected chi connectivity index (χ2v) is 27.4. The summed E-state index contributed by atoms with van der Waals surface area (Å²) in [7, 11) is 0. The van der Waals surface area contributed by atoms with E-state index in [0.717, 1.165) is 6.42 Å². The van der Waals surface area contributed by atoms with Crippen LogP contribution in [0.2, 0.25) is 0 Å².